The summed E-state index contributed by atoms with van der Waals surface area (Å²) in [5.74, 6) is 0. The molecule has 0 aliphatic rings. The van der Waals surface area contributed by atoms with E-state index in [0.29, 0.717) is 0 Å². The van der Waals surface area contributed by atoms with E-state index in [2.05, 4.69) is 4.98 Å². The van der Waals surface area contributed by atoms with Crippen molar-refractivity contribution in [3.63, 3.8) is 0 Å². The van der Waals surface area contributed by atoms with Crippen molar-refractivity contribution < 1.29 is 0 Å². The van der Waals surface area contributed by atoms with E-state index < -0.39 is 0 Å². The predicted octanol–water partition coefficient (Wildman–Crippen LogP) is -0.0631. The van der Waals surface area contributed by atoms with E-state index in [0.717, 1.165) is 0 Å². The van der Waals surface area contributed by atoms with Gasteiger partial charge in [0, 0.05) is 0 Å². The van der Waals surface area contributed by atoms with Gasteiger partial charge in [0.1, 0.15) is 0 Å². The molecule has 0 aliphatic carbocycles. The Kier molecular flexibility index (Phi) is 1.31. The number of thiazole rings is 1. The average molecular weight is 91.1 g/mol. The second kappa shape index (κ2) is 1.79. The fraction of sp³-hybridized carbons (Fsp3) is 0. The average Bonchev–Trinajstić information content (AvgIpc) is 1.86. The molecule has 1 heterocycles. The van der Waals surface area contributed by atoms with Crippen LogP contribution in [0.1, 0.15) is 0 Å². The molecule has 0 unspecified atom stereocenters. The molecule has 0 bridgehead atoms. The summed E-state index contributed by atoms with van der Waals surface area (Å²) in [5, 5.41) is 0. The van der Waals surface area contributed by atoms with Crippen molar-refractivity contribution in [1.82, 2.24) is 4.98 Å². The predicted molar refractivity (Wildman–Crippen MR) is 27.5 cm³/mol. The van der Waals surface area contributed by atoms with Gasteiger partial charge in [0.15, 0.2) is 0 Å². The van der Waals surface area contributed by atoms with Crippen LogP contribution in [0.4, 0.5) is 0 Å². The van der Waals surface area contributed by atoms with Gasteiger partial charge in [-0.05, 0) is 0 Å². The van der Waals surface area contributed by atoms with Gasteiger partial charge in [0.05, 0.1) is 0 Å². The maximum atomic E-state index is 3.84. The van der Waals surface area contributed by atoms with Gasteiger partial charge in [-0.15, -0.1) is 0 Å². The molecule has 0 aliphatic heterocycles. The quantitative estimate of drug-likeness (QED) is 0.407. The number of hydrogen-bond acceptors (Lipinski definition) is 2. The first-order valence-corrected chi connectivity index (χ1v) is 2.62. The first-order chi connectivity index (χ1) is 2.89. The van der Waals surface area contributed by atoms with Crippen LogP contribution in [-0.2, 0) is 0 Å². The Hall–Kier alpha value is 0.227. The normalized spacial score (nSPS) is 9.00. The van der Waals surface area contributed by atoms with Crippen LogP contribution in [0.3, 0.4) is 0 Å². The Morgan fingerprint density at radius 3 is 2.83 bits per heavy atom. The number of rotatable bonds is 0. The Balaban J connectivity index is 3.05. The first kappa shape index (κ1) is 4.39. The molecule has 1 rings (SSSR count). The van der Waals surface area contributed by atoms with E-state index in [9.17, 15) is 0 Å². The van der Waals surface area contributed by atoms with E-state index in [1.807, 2.05) is 29.4 Å². The van der Waals surface area contributed by atoms with Crippen molar-refractivity contribution in [3.8, 4) is 0 Å². The Bertz CT molecular complexity index is 114. The van der Waals surface area contributed by atoms with Gasteiger partial charge in [0.25, 0.3) is 0 Å². The van der Waals surface area contributed by atoms with Crippen molar-refractivity contribution in [3.05, 3.63) is 11.7 Å². The van der Waals surface area contributed by atoms with Gasteiger partial charge in [-0.25, -0.2) is 0 Å². The monoisotopic (exact) mass is 91.0 g/mol. The van der Waals surface area contributed by atoms with Crippen LogP contribution in [0.25, 0.3) is 0 Å². The van der Waals surface area contributed by atoms with Gasteiger partial charge in [-0.1, -0.05) is 0 Å². The first-order valence-electron chi connectivity index (χ1n) is 1.74. The summed E-state index contributed by atoms with van der Waals surface area (Å²) < 4.78 is 1.27. The van der Waals surface area contributed by atoms with Crippen LogP contribution in [0.2, 0.25) is 0 Å². The molecule has 6 heavy (non-hydrogen) atoms. The molecule has 1 aromatic heterocycles. The summed E-state index contributed by atoms with van der Waals surface area (Å²) in [4.78, 5) is 3.84. The topological polar surface area (TPSA) is 12.9 Å². The molecule has 0 saturated heterocycles. The van der Waals surface area contributed by atoms with Gasteiger partial charge in [-0.2, -0.15) is 0 Å². The Morgan fingerprint density at radius 2 is 2.67 bits per heavy atom. The molecule has 0 spiro atoms. The van der Waals surface area contributed by atoms with E-state index in [-0.39, 0.29) is 0 Å². The van der Waals surface area contributed by atoms with Gasteiger partial charge in [-0.3, -0.25) is 0 Å². The molecule has 26 valence electrons. The van der Waals surface area contributed by atoms with E-state index in [4.69, 9.17) is 0 Å². The molecule has 0 amide bonds. The van der Waals surface area contributed by atoms with Crippen molar-refractivity contribution in [1.29, 1.82) is 0 Å². The van der Waals surface area contributed by atoms with Crippen molar-refractivity contribution in [2.75, 3.05) is 0 Å². The molecular formula is C3H2LiNS. The molecule has 3 heteroatoms. The molecule has 0 saturated carbocycles. The second-order valence-electron chi connectivity index (χ2n) is 1.11. The van der Waals surface area contributed by atoms with Gasteiger partial charge in [0.2, 0.25) is 0 Å². The molecule has 0 radical (unpaired) electrons. The molecule has 1 aromatic rings. The van der Waals surface area contributed by atoms with Crippen LogP contribution >= 0.6 is 11.3 Å². The van der Waals surface area contributed by atoms with Gasteiger partial charge < -0.3 is 0 Å². The Labute approximate surface area is 49.6 Å². The number of hydrogen-bond donors (Lipinski definition) is 0. The van der Waals surface area contributed by atoms with Crippen LogP contribution in [0, 0.1) is 0 Å². The SMILES string of the molecule is [Li][c]1cncs1. The minimum atomic E-state index is 1.27. The third-order valence-corrected chi connectivity index (χ3v) is 1.26. The molecular weight excluding hydrogens is 89.0 g/mol. The fourth-order valence-electron chi connectivity index (χ4n) is 0.279. The number of aromatic nitrogens is 1. The summed E-state index contributed by atoms with van der Waals surface area (Å²) in [5.41, 5.74) is 1.83. The van der Waals surface area contributed by atoms with Crippen LogP contribution < -0.4 is 3.55 Å². The second-order valence-corrected chi connectivity index (χ2v) is 2.20. The zero-order valence-electron chi connectivity index (χ0n) is 3.51. The molecule has 0 aromatic carbocycles. The molecule has 0 atom stereocenters. The molecule has 0 N–H and O–H groups in total. The summed E-state index contributed by atoms with van der Waals surface area (Å²) in [7, 11) is 0. The van der Waals surface area contributed by atoms with Crippen LogP contribution in [-0.4, -0.2) is 22.7 Å². The third kappa shape index (κ3) is 0.843. The standard InChI is InChI=1S/C3H2NS.Li/c1-2-5-3-4-1;/h1,3H;. The summed E-state index contributed by atoms with van der Waals surface area (Å²) in [6.45, 7) is 0. The minimum absolute atomic E-state index is 1.27. The van der Waals surface area contributed by atoms with Crippen molar-refractivity contribution >= 4 is 32.6 Å². The van der Waals surface area contributed by atoms with Crippen molar-refractivity contribution in [2.24, 2.45) is 0 Å². The van der Waals surface area contributed by atoms with E-state index in [1.54, 1.807) is 11.3 Å². The van der Waals surface area contributed by atoms with E-state index >= 15 is 0 Å². The molecule has 1 nitrogen and oxygen atoms in total. The molecule has 0 fully saturated rings. The number of nitrogens with zero attached hydrogens (tertiary/aromatic N) is 1. The maximum absolute atomic E-state index is 3.84. The van der Waals surface area contributed by atoms with Crippen LogP contribution in [0.15, 0.2) is 11.7 Å². The fourth-order valence-corrected chi connectivity index (χ4v) is 0.689. The Morgan fingerprint density at radius 1 is 1.83 bits per heavy atom. The third-order valence-electron chi connectivity index (χ3n) is 0.556. The summed E-state index contributed by atoms with van der Waals surface area (Å²) in [6, 6.07) is 0. The summed E-state index contributed by atoms with van der Waals surface area (Å²) in [6.07, 6.45) is 1.85. The van der Waals surface area contributed by atoms with Gasteiger partial charge >= 0.3 is 49.3 Å². The van der Waals surface area contributed by atoms with Crippen molar-refractivity contribution in [2.45, 2.75) is 0 Å². The zero-order chi connectivity index (χ0) is 4.41. The van der Waals surface area contributed by atoms with Crippen LogP contribution in [0.5, 0.6) is 0 Å². The van der Waals surface area contributed by atoms with E-state index in [1.165, 1.54) is 3.55 Å². The zero-order valence-corrected chi connectivity index (χ0v) is 4.33. The summed E-state index contributed by atoms with van der Waals surface area (Å²) >= 11 is 3.71.